The molecule has 2 nitrogen and oxygen atoms in total. The number of rotatable bonds is 2. The summed E-state index contributed by atoms with van der Waals surface area (Å²) in [6, 6.07) is 0. The van der Waals surface area contributed by atoms with Gasteiger partial charge in [0.1, 0.15) is 0 Å². The molecular formula is C7H17NOSi. The van der Waals surface area contributed by atoms with Crippen LogP contribution in [0, 0.1) is 0 Å². The first-order valence-corrected chi connectivity index (χ1v) is 5.32. The molecule has 1 unspecified atom stereocenters. The molecule has 10 heavy (non-hydrogen) atoms. The molecule has 0 aliphatic carbocycles. The topological polar surface area (TPSA) is 12.5 Å². The Morgan fingerprint density at radius 2 is 2.10 bits per heavy atom. The fourth-order valence-electron chi connectivity index (χ4n) is 1.28. The van der Waals surface area contributed by atoms with Gasteiger partial charge in [-0.3, -0.25) is 4.90 Å². The van der Waals surface area contributed by atoms with E-state index in [1.165, 1.54) is 16.7 Å². The highest BCUT2D eigenvalue weighted by molar-refractivity contribution is 6.11. The van der Waals surface area contributed by atoms with E-state index in [0.29, 0.717) is 0 Å². The number of hydrogen-bond donors (Lipinski definition) is 0. The second-order valence-electron chi connectivity index (χ2n) is 2.91. The van der Waals surface area contributed by atoms with E-state index in [2.05, 4.69) is 11.8 Å². The quantitative estimate of drug-likeness (QED) is 0.500. The van der Waals surface area contributed by atoms with Crippen molar-refractivity contribution in [2.24, 2.45) is 0 Å². The van der Waals surface area contributed by atoms with Gasteiger partial charge in [0, 0.05) is 23.3 Å². The van der Waals surface area contributed by atoms with Crippen LogP contribution in [-0.2, 0) is 4.74 Å². The minimum atomic E-state index is 0.879. The number of hydrogen-bond acceptors (Lipinski definition) is 2. The molecule has 0 spiro atoms. The van der Waals surface area contributed by atoms with Gasteiger partial charge in [0.25, 0.3) is 0 Å². The smallest absolute Gasteiger partial charge is 0.0594 e. The average molecular weight is 159 g/mol. The normalized spacial score (nSPS) is 24.9. The minimum Gasteiger partial charge on any atom is -0.379 e. The molecule has 1 aliphatic rings. The Labute approximate surface area is 66.0 Å². The molecule has 60 valence electrons. The Balaban J connectivity index is 2.24. The van der Waals surface area contributed by atoms with Crippen LogP contribution >= 0.6 is 0 Å². The molecule has 0 bridgehead atoms. The van der Waals surface area contributed by atoms with E-state index >= 15 is 0 Å². The van der Waals surface area contributed by atoms with Gasteiger partial charge in [-0.05, 0) is 12.1 Å². The molecule has 0 saturated carbocycles. The van der Waals surface area contributed by atoms with E-state index in [1.807, 2.05) is 0 Å². The highest BCUT2D eigenvalue weighted by atomic mass is 28.1. The zero-order valence-electron chi connectivity index (χ0n) is 6.97. The maximum absolute atomic E-state index is 5.27. The summed E-state index contributed by atoms with van der Waals surface area (Å²) in [5.74, 6) is 0. The summed E-state index contributed by atoms with van der Waals surface area (Å²) in [6.07, 6.45) is 1.31. The van der Waals surface area contributed by atoms with Gasteiger partial charge >= 0.3 is 0 Å². The first-order valence-electron chi connectivity index (χ1n) is 4.16. The number of ether oxygens (including phenoxy) is 1. The summed E-state index contributed by atoms with van der Waals surface area (Å²) in [5.41, 5.74) is 0.879. The van der Waals surface area contributed by atoms with Crippen LogP contribution in [0.4, 0.5) is 0 Å². The van der Waals surface area contributed by atoms with Crippen LogP contribution in [0.3, 0.4) is 0 Å². The number of nitrogens with zero attached hydrogens (tertiary/aromatic N) is 1. The molecule has 1 atom stereocenters. The third kappa shape index (κ3) is 2.07. The van der Waals surface area contributed by atoms with Gasteiger partial charge in [-0.1, -0.05) is 6.92 Å². The fraction of sp³-hybridized carbons (Fsp3) is 1.00. The molecule has 0 aromatic heterocycles. The van der Waals surface area contributed by atoms with Gasteiger partial charge in [0.05, 0.1) is 13.2 Å². The molecule has 0 aromatic rings. The third-order valence-corrected chi connectivity index (χ3v) is 3.81. The van der Waals surface area contributed by atoms with E-state index in [1.54, 1.807) is 0 Å². The minimum absolute atomic E-state index is 0.879. The lowest BCUT2D eigenvalue weighted by Gasteiger charge is -2.31. The third-order valence-electron chi connectivity index (χ3n) is 2.26. The molecule has 1 aliphatic heterocycles. The van der Waals surface area contributed by atoms with Gasteiger partial charge in [0.2, 0.25) is 0 Å². The molecular weight excluding hydrogens is 142 g/mol. The van der Waals surface area contributed by atoms with Crippen LogP contribution < -0.4 is 0 Å². The van der Waals surface area contributed by atoms with E-state index in [-0.39, 0.29) is 0 Å². The Bertz CT molecular complexity index is 93.6. The summed E-state index contributed by atoms with van der Waals surface area (Å²) in [4.78, 5) is 2.55. The molecule has 3 heteroatoms. The predicted molar refractivity (Wildman–Crippen MR) is 46.4 cm³/mol. The number of morpholine rings is 1. The molecule has 0 amide bonds. The van der Waals surface area contributed by atoms with Crippen LogP contribution in [0.25, 0.3) is 0 Å². The fourth-order valence-corrected chi connectivity index (χ4v) is 1.79. The van der Waals surface area contributed by atoms with Crippen molar-refractivity contribution in [3.05, 3.63) is 0 Å². The lowest BCUT2D eigenvalue weighted by Crippen LogP contribution is -2.43. The Kier molecular flexibility index (Phi) is 3.38. The van der Waals surface area contributed by atoms with Crippen molar-refractivity contribution in [2.45, 2.75) is 19.0 Å². The van der Waals surface area contributed by atoms with Crippen LogP contribution in [0.2, 0.25) is 0 Å². The maximum Gasteiger partial charge on any atom is 0.0594 e. The molecule has 1 fully saturated rings. The highest BCUT2D eigenvalue weighted by Crippen LogP contribution is 2.03. The van der Waals surface area contributed by atoms with E-state index in [4.69, 9.17) is 4.74 Å². The summed E-state index contributed by atoms with van der Waals surface area (Å²) >= 11 is 0. The lowest BCUT2D eigenvalue weighted by molar-refractivity contribution is 0.0307. The molecule has 1 rings (SSSR count). The second kappa shape index (κ2) is 4.11. The molecule has 0 aromatic carbocycles. The zero-order valence-corrected chi connectivity index (χ0v) is 8.97. The van der Waals surface area contributed by atoms with Crippen molar-refractivity contribution in [1.29, 1.82) is 0 Å². The van der Waals surface area contributed by atoms with Crippen molar-refractivity contribution in [1.82, 2.24) is 4.90 Å². The predicted octanol–water partition coefficient (Wildman–Crippen LogP) is -0.580. The van der Waals surface area contributed by atoms with Crippen molar-refractivity contribution in [3.8, 4) is 0 Å². The van der Waals surface area contributed by atoms with Gasteiger partial charge in [-0.15, -0.1) is 0 Å². The largest absolute Gasteiger partial charge is 0.379 e. The van der Waals surface area contributed by atoms with E-state index in [0.717, 1.165) is 32.0 Å². The van der Waals surface area contributed by atoms with Crippen molar-refractivity contribution in [3.63, 3.8) is 0 Å². The second-order valence-corrected chi connectivity index (χ2v) is 4.24. The van der Waals surface area contributed by atoms with Crippen LogP contribution in [0.5, 0.6) is 0 Å². The lowest BCUT2D eigenvalue weighted by atomic mass is 10.3. The van der Waals surface area contributed by atoms with Crippen LogP contribution in [0.15, 0.2) is 0 Å². The Hall–Kier alpha value is 0.137. The van der Waals surface area contributed by atoms with Crippen molar-refractivity contribution in [2.75, 3.05) is 26.3 Å². The summed E-state index contributed by atoms with van der Waals surface area (Å²) in [5, 5.41) is 0. The van der Waals surface area contributed by atoms with Crippen molar-refractivity contribution >= 4 is 10.2 Å². The Morgan fingerprint density at radius 3 is 2.60 bits per heavy atom. The average Bonchev–Trinajstić information content (AvgIpc) is 2.05. The summed E-state index contributed by atoms with van der Waals surface area (Å²) < 4.78 is 5.27. The zero-order chi connectivity index (χ0) is 7.40. The molecule has 0 radical (unpaired) electrons. The monoisotopic (exact) mass is 159 g/mol. The van der Waals surface area contributed by atoms with Gasteiger partial charge in [0.15, 0.2) is 0 Å². The standard InChI is InChI=1S/C7H17NOSi/c1-2-7(10)8-3-5-9-6-4-8/h7H,2-6H2,1,10H3. The van der Waals surface area contributed by atoms with Gasteiger partial charge < -0.3 is 4.74 Å². The first-order chi connectivity index (χ1) is 4.84. The summed E-state index contributed by atoms with van der Waals surface area (Å²) in [7, 11) is 1.30. The van der Waals surface area contributed by atoms with E-state index in [9.17, 15) is 0 Å². The van der Waals surface area contributed by atoms with Gasteiger partial charge in [-0.2, -0.15) is 0 Å². The van der Waals surface area contributed by atoms with Crippen LogP contribution in [-0.4, -0.2) is 47.1 Å². The Morgan fingerprint density at radius 1 is 1.50 bits per heavy atom. The maximum atomic E-state index is 5.27. The van der Waals surface area contributed by atoms with Crippen molar-refractivity contribution < 1.29 is 4.74 Å². The van der Waals surface area contributed by atoms with Gasteiger partial charge in [-0.25, -0.2) is 0 Å². The molecule has 1 heterocycles. The first kappa shape index (κ1) is 8.24. The van der Waals surface area contributed by atoms with E-state index < -0.39 is 0 Å². The summed E-state index contributed by atoms with van der Waals surface area (Å²) in [6.45, 7) is 6.47. The van der Waals surface area contributed by atoms with Crippen LogP contribution in [0.1, 0.15) is 13.3 Å². The highest BCUT2D eigenvalue weighted by Gasteiger charge is 2.14. The molecule has 1 saturated heterocycles. The SMILES string of the molecule is CCC([SiH3])N1CCOCC1. The molecule has 0 N–H and O–H groups in total.